The molecule has 0 aliphatic carbocycles. The van der Waals surface area contributed by atoms with Gasteiger partial charge in [-0.3, -0.25) is 0 Å². The molecule has 0 aliphatic heterocycles. The van der Waals surface area contributed by atoms with E-state index in [2.05, 4.69) is 35.0 Å². The van der Waals surface area contributed by atoms with Crippen molar-refractivity contribution in [1.29, 1.82) is 0 Å². The number of ether oxygens (including phenoxy) is 1. The minimum atomic E-state index is 0.132. The Balaban J connectivity index is 2.19. The van der Waals surface area contributed by atoms with Crippen molar-refractivity contribution >= 4 is 15.9 Å². The molecule has 0 aliphatic rings. The quantitative estimate of drug-likeness (QED) is 0.494. The van der Waals surface area contributed by atoms with Gasteiger partial charge in [-0.2, -0.15) is 0 Å². The van der Waals surface area contributed by atoms with Crippen LogP contribution >= 0.6 is 15.9 Å². The van der Waals surface area contributed by atoms with Gasteiger partial charge in [0.2, 0.25) is 0 Å². The molecule has 0 radical (unpaired) electrons. The molecular weight excluding hydrogens is 326 g/mol. The molecule has 0 amide bonds. The van der Waals surface area contributed by atoms with Gasteiger partial charge in [0, 0.05) is 6.04 Å². The molecule has 2 N–H and O–H groups in total. The summed E-state index contributed by atoms with van der Waals surface area (Å²) in [5.74, 6) is 0.859. The minimum Gasteiger partial charge on any atom is -0.496 e. The van der Waals surface area contributed by atoms with Crippen LogP contribution in [0.3, 0.4) is 0 Å². The Hall–Kier alpha value is -0.540. The lowest BCUT2D eigenvalue weighted by Gasteiger charge is -2.13. The summed E-state index contributed by atoms with van der Waals surface area (Å²) in [7, 11) is 1.68. The van der Waals surface area contributed by atoms with Crippen LogP contribution in [0.15, 0.2) is 22.7 Å². The summed E-state index contributed by atoms with van der Waals surface area (Å²) in [6, 6.07) is 6.26. The third-order valence-corrected chi connectivity index (χ3v) is 4.59. The summed E-state index contributed by atoms with van der Waals surface area (Å²) in [5.41, 5.74) is 7.46. The van der Waals surface area contributed by atoms with Crippen LogP contribution in [-0.2, 0) is 0 Å². The SMILES string of the molecule is CCCCCCCCCCC(N)c1ccc(OC)c(Br)c1. The minimum absolute atomic E-state index is 0.132. The maximum atomic E-state index is 6.27. The third kappa shape index (κ3) is 7.32. The standard InChI is InChI=1S/C18H30BrNO/c1-3-4-5-6-7-8-9-10-11-17(20)15-12-13-18(21-2)16(19)14-15/h12-14,17H,3-11,20H2,1-2H3. The van der Waals surface area contributed by atoms with E-state index >= 15 is 0 Å². The lowest BCUT2D eigenvalue weighted by atomic mass is 10.00. The van der Waals surface area contributed by atoms with Gasteiger partial charge < -0.3 is 10.5 Å². The molecule has 0 fully saturated rings. The first kappa shape index (κ1) is 18.5. The first-order valence-electron chi connectivity index (χ1n) is 8.28. The largest absolute Gasteiger partial charge is 0.496 e. The van der Waals surface area contributed by atoms with Crippen molar-refractivity contribution in [2.75, 3.05) is 7.11 Å². The Morgan fingerprint density at radius 2 is 1.67 bits per heavy atom. The lowest BCUT2D eigenvalue weighted by Crippen LogP contribution is -2.10. The van der Waals surface area contributed by atoms with E-state index in [1.165, 1.54) is 56.9 Å². The van der Waals surface area contributed by atoms with Gasteiger partial charge in [-0.15, -0.1) is 0 Å². The second-order valence-electron chi connectivity index (χ2n) is 5.76. The van der Waals surface area contributed by atoms with Crippen LogP contribution in [0.2, 0.25) is 0 Å². The number of methoxy groups -OCH3 is 1. The molecule has 0 heterocycles. The fourth-order valence-electron chi connectivity index (χ4n) is 2.58. The van der Waals surface area contributed by atoms with Gasteiger partial charge >= 0.3 is 0 Å². The zero-order valence-electron chi connectivity index (χ0n) is 13.5. The van der Waals surface area contributed by atoms with E-state index in [9.17, 15) is 0 Å². The average Bonchev–Trinajstić information content (AvgIpc) is 2.49. The number of hydrogen-bond donors (Lipinski definition) is 1. The topological polar surface area (TPSA) is 35.2 Å². The smallest absolute Gasteiger partial charge is 0.133 e. The number of hydrogen-bond acceptors (Lipinski definition) is 2. The monoisotopic (exact) mass is 355 g/mol. The van der Waals surface area contributed by atoms with Gasteiger partial charge in [0.25, 0.3) is 0 Å². The van der Waals surface area contributed by atoms with Crippen molar-refractivity contribution in [1.82, 2.24) is 0 Å². The lowest BCUT2D eigenvalue weighted by molar-refractivity contribution is 0.411. The number of nitrogens with two attached hydrogens (primary N) is 1. The molecule has 21 heavy (non-hydrogen) atoms. The van der Waals surface area contributed by atoms with E-state index in [4.69, 9.17) is 10.5 Å². The van der Waals surface area contributed by atoms with Gasteiger partial charge in [-0.05, 0) is 40.0 Å². The van der Waals surface area contributed by atoms with Crippen molar-refractivity contribution < 1.29 is 4.74 Å². The number of rotatable bonds is 11. The first-order chi connectivity index (χ1) is 10.2. The van der Waals surface area contributed by atoms with Crippen LogP contribution < -0.4 is 10.5 Å². The van der Waals surface area contributed by atoms with Gasteiger partial charge in [0.1, 0.15) is 5.75 Å². The molecule has 1 aromatic carbocycles. The molecule has 1 rings (SSSR count). The summed E-state index contributed by atoms with van der Waals surface area (Å²) >= 11 is 3.52. The Bertz CT molecular complexity index is 395. The van der Waals surface area contributed by atoms with Crippen LogP contribution in [0, 0.1) is 0 Å². The molecule has 1 aromatic rings. The first-order valence-corrected chi connectivity index (χ1v) is 9.07. The van der Waals surface area contributed by atoms with Crippen LogP contribution in [0.25, 0.3) is 0 Å². The van der Waals surface area contributed by atoms with Crippen LogP contribution in [0.5, 0.6) is 5.75 Å². The molecule has 0 bridgehead atoms. The Morgan fingerprint density at radius 3 is 2.24 bits per heavy atom. The molecule has 1 unspecified atom stereocenters. The predicted molar refractivity (Wildman–Crippen MR) is 94.8 cm³/mol. The normalized spacial score (nSPS) is 12.4. The van der Waals surface area contributed by atoms with Crippen molar-refractivity contribution in [2.24, 2.45) is 5.73 Å². The molecule has 0 aromatic heterocycles. The molecule has 3 heteroatoms. The highest BCUT2D eigenvalue weighted by Gasteiger charge is 2.08. The average molecular weight is 356 g/mol. The number of unbranched alkanes of at least 4 members (excludes halogenated alkanes) is 7. The second kappa shape index (κ2) is 11.1. The van der Waals surface area contributed by atoms with Crippen LogP contribution in [0.4, 0.5) is 0 Å². The summed E-state index contributed by atoms with van der Waals surface area (Å²) in [5, 5.41) is 0. The van der Waals surface area contributed by atoms with Crippen molar-refractivity contribution in [2.45, 2.75) is 70.8 Å². The number of halogens is 1. The van der Waals surface area contributed by atoms with E-state index in [0.29, 0.717) is 0 Å². The zero-order valence-corrected chi connectivity index (χ0v) is 15.1. The molecule has 0 saturated carbocycles. The molecule has 120 valence electrons. The fraction of sp³-hybridized carbons (Fsp3) is 0.667. The second-order valence-corrected chi connectivity index (χ2v) is 6.62. The van der Waals surface area contributed by atoms with Gasteiger partial charge in [0.05, 0.1) is 11.6 Å². The molecule has 0 saturated heterocycles. The van der Waals surface area contributed by atoms with Gasteiger partial charge in [0.15, 0.2) is 0 Å². The zero-order chi connectivity index (χ0) is 15.5. The summed E-state index contributed by atoms with van der Waals surface area (Å²) in [6.07, 6.45) is 11.8. The summed E-state index contributed by atoms with van der Waals surface area (Å²) in [6.45, 7) is 2.26. The highest BCUT2D eigenvalue weighted by molar-refractivity contribution is 9.10. The van der Waals surface area contributed by atoms with Crippen molar-refractivity contribution in [3.63, 3.8) is 0 Å². The van der Waals surface area contributed by atoms with E-state index in [1.807, 2.05) is 6.07 Å². The van der Waals surface area contributed by atoms with Gasteiger partial charge in [-0.25, -0.2) is 0 Å². The van der Waals surface area contributed by atoms with E-state index in [-0.39, 0.29) is 6.04 Å². The van der Waals surface area contributed by atoms with Crippen molar-refractivity contribution in [3.05, 3.63) is 28.2 Å². The number of benzene rings is 1. The van der Waals surface area contributed by atoms with E-state index in [0.717, 1.165) is 16.6 Å². The molecule has 2 nitrogen and oxygen atoms in total. The Kier molecular flexibility index (Phi) is 9.77. The summed E-state index contributed by atoms with van der Waals surface area (Å²) in [4.78, 5) is 0. The van der Waals surface area contributed by atoms with E-state index in [1.54, 1.807) is 7.11 Å². The van der Waals surface area contributed by atoms with Crippen LogP contribution in [0.1, 0.15) is 76.3 Å². The molecular formula is C18H30BrNO. The molecule has 1 atom stereocenters. The van der Waals surface area contributed by atoms with Crippen LogP contribution in [-0.4, -0.2) is 7.11 Å². The maximum Gasteiger partial charge on any atom is 0.133 e. The van der Waals surface area contributed by atoms with Gasteiger partial charge in [-0.1, -0.05) is 64.4 Å². The fourth-order valence-corrected chi connectivity index (χ4v) is 3.14. The Labute approximate surface area is 138 Å². The highest BCUT2D eigenvalue weighted by Crippen LogP contribution is 2.29. The van der Waals surface area contributed by atoms with Crippen molar-refractivity contribution in [3.8, 4) is 5.75 Å². The highest BCUT2D eigenvalue weighted by atomic mass is 79.9. The molecule has 0 spiro atoms. The van der Waals surface area contributed by atoms with E-state index < -0.39 is 0 Å². The summed E-state index contributed by atoms with van der Waals surface area (Å²) < 4.78 is 6.23. The Morgan fingerprint density at radius 1 is 1.05 bits per heavy atom. The maximum absolute atomic E-state index is 6.27. The predicted octanol–water partition coefficient (Wildman–Crippen LogP) is 5.99. The third-order valence-electron chi connectivity index (χ3n) is 3.97.